The van der Waals surface area contributed by atoms with Gasteiger partial charge in [-0.2, -0.15) is 0 Å². The van der Waals surface area contributed by atoms with Crippen molar-refractivity contribution in [2.45, 2.75) is 25.8 Å². The molecule has 1 aromatic rings. The van der Waals surface area contributed by atoms with E-state index in [0.717, 1.165) is 24.9 Å². The second-order valence-corrected chi connectivity index (χ2v) is 4.40. The lowest BCUT2D eigenvalue weighted by Gasteiger charge is -2.22. The zero-order valence-corrected chi connectivity index (χ0v) is 10.2. The van der Waals surface area contributed by atoms with Crippen molar-refractivity contribution in [2.24, 2.45) is 0 Å². The Labute approximate surface area is 102 Å². The van der Waals surface area contributed by atoms with Crippen molar-refractivity contribution in [3.8, 4) is 0 Å². The number of hydrogen-bond acceptors (Lipinski definition) is 3. The van der Waals surface area contributed by atoms with Crippen LogP contribution in [0.15, 0.2) is 24.3 Å². The lowest BCUT2D eigenvalue weighted by atomic mass is 10.00. The van der Waals surface area contributed by atoms with Gasteiger partial charge in [-0.05, 0) is 18.1 Å². The van der Waals surface area contributed by atoms with Gasteiger partial charge in [0.05, 0.1) is 19.3 Å². The highest BCUT2D eigenvalue weighted by Gasteiger charge is 2.22. The monoisotopic (exact) mass is 233 g/mol. The lowest BCUT2D eigenvalue weighted by Crippen LogP contribution is -2.46. The average molecular weight is 233 g/mol. The Bertz CT molecular complexity index is 384. The van der Waals surface area contributed by atoms with E-state index < -0.39 is 0 Å². The second-order valence-electron chi connectivity index (χ2n) is 4.40. The molecule has 1 unspecified atom stereocenters. The van der Waals surface area contributed by atoms with E-state index in [2.05, 4.69) is 18.3 Å². The Kier molecular flexibility index (Phi) is 4.29. The number of Topliss-reactive ketones (excluding diaryl/α,β-unsaturated/α-hetero) is 1. The number of hydrogen-bond donors (Lipinski definition) is 1. The van der Waals surface area contributed by atoms with Crippen LogP contribution < -0.4 is 5.32 Å². The van der Waals surface area contributed by atoms with E-state index in [-0.39, 0.29) is 11.8 Å². The Hall–Kier alpha value is -1.19. The Morgan fingerprint density at radius 3 is 3.12 bits per heavy atom. The fourth-order valence-electron chi connectivity index (χ4n) is 2.10. The van der Waals surface area contributed by atoms with E-state index in [1.165, 1.54) is 5.56 Å². The normalized spacial score (nSPS) is 20.2. The van der Waals surface area contributed by atoms with E-state index in [1.807, 2.05) is 18.2 Å². The number of ether oxygens (including phenoxy) is 1. The van der Waals surface area contributed by atoms with Crippen LogP contribution in [0.5, 0.6) is 0 Å². The Morgan fingerprint density at radius 1 is 1.53 bits per heavy atom. The summed E-state index contributed by atoms with van der Waals surface area (Å²) in [6.07, 6.45) is 2.12. The predicted octanol–water partition coefficient (Wildman–Crippen LogP) is 1.81. The number of carbonyl (C=O) groups is 1. The number of nitrogens with one attached hydrogen (secondary N) is 1. The zero-order valence-electron chi connectivity index (χ0n) is 10.2. The molecule has 2 rings (SSSR count). The van der Waals surface area contributed by atoms with Gasteiger partial charge in [0.2, 0.25) is 0 Å². The largest absolute Gasteiger partial charge is 0.378 e. The maximum Gasteiger partial charge on any atom is 0.182 e. The highest BCUT2D eigenvalue weighted by Crippen LogP contribution is 2.11. The average Bonchev–Trinajstić information content (AvgIpc) is 2.40. The molecular weight excluding hydrogens is 214 g/mol. The molecule has 1 saturated heterocycles. The molecule has 0 aromatic heterocycles. The first kappa shape index (κ1) is 12.3. The molecule has 0 radical (unpaired) electrons. The van der Waals surface area contributed by atoms with Gasteiger partial charge >= 0.3 is 0 Å². The molecule has 1 aliphatic heterocycles. The third kappa shape index (κ3) is 3.14. The quantitative estimate of drug-likeness (QED) is 0.806. The molecule has 0 spiro atoms. The Balaban J connectivity index is 2.09. The van der Waals surface area contributed by atoms with Crippen LogP contribution in [0.2, 0.25) is 0 Å². The van der Waals surface area contributed by atoms with Crippen LogP contribution in [0, 0.1) is 0 Å². The number of rotatable bonds is 4. The van der Waals surface area contributed by atoms with Gasteiger partial charge in [0.1, 0.15) is 0 Å². The van der Waals surface area contributed by atoms with Crippen molar-refractivity contribution >= 4 is 5.78 Å². The zero-order chi connectivity index (χ0) is 12.1. The molecule has 0 saturated carbocycles. The third-order valence-electron chi connectivity index (χ3n) is 2.99. The van der Waals surface area contributed by atoms with Gasteiger partial charge in [0, 0.05) is 12.1 Å². The molecule has 92 valence electrons. The number of aryl methyl sites for hydroxylation is 1. The highest BCUT2D eigenvalue weighted by molar-refractivity contribution is 6.00. The van der Waals surface area contributed by atoms with Crippen molar-refractivity contribution in [2.75, 3.05) is 19.8 Å². The highest BCUT2D eigenvalue weighted by atomic mass is 16.5. The summed E-state index contributed by atoms with van der Waals surface area (Å²) in [4.78, 5) is 12.2. The third-order valence-corrected chi connectivity index (χ3v) is 2.99. The molecule has 0 aliphatic carbocycles. The summed E-state index contributed by atoms with van der Waals surface area (Å²) in [6.45, 7) is 4.08. The van der Waals surface area contributed by atoms with Crippen molar-refractivity contribution in [3.05, 3.63) is 35.4 Å². The van der Waals surface area contributed by atoms with E-state index in [4.69, 9.17) is 4.74 Å². The summed E-state index contributed by atoms with van der Waals surface area (Å²) >= 11 is 0. The van der Waals surface area contributed by atoms with E-state index in [9.17, 15) is 4.79 Å². The molecule has 3 nitrogen and oxygen atoms in total. The summed E-state index contributed by atoms with van der Waals surface area (Å²) in [5, 5.41) is 3.19. The minimum Gasteiger partial charge on any atom is -0.378 e. The van der Waals surface area contributed by atoms with Crippen LogP contribution in [-0.4, -0.2) is 31.6 Å². The van der Waals surface area contributed by atoms with Crippen molar-refractivity contribution in [1.29, 1.82) is 0 Å². The minimum absolute atomic E-state index is 0.141. The van der Waals surface area contributed by atoms with Crippen LogP contribution in [-0.2, 0) is 11.2 Å². The SMILES string of the molecule is CCCc1cccc(C(=O)C2COCCN2)c1. The molecule has 1 aliphatic rings. The van der Waals surface area contributed by atoms with Crippen molar-refractivity contribution < 1.29 is 9.53 Å². The fourth-order valence-corrected chi connectivity index (χ4v) is 2.10. The lowest BCUT2D eigenvalue weighted by molar-refractivity contribution is 0.0607. The van der Waals surface area contributed by atoms with Gasteiger partial charge in [-0.15, -0.1) is 0 Å². The van der Waals surface area contributed by atoms with Crippen LogP contribution in [0.1, 0.15) is 29.3 Å². The van der Waals surface area contributed by atoms with E-state index in [0.29, 0.717) is 13.2 Å². The standard InChI is InChI=1S/C14H19NO2/c1-2-4-11-5-3-6-12(9-11)14(16)13-10-17-8-7-15-13/h3,5-6,9,13,15H,2,4,7-8,10H2,1H3. The fraction of sp³-hybridized carbons (Fsp3) is 0.500. The first-order valence-corrected chi connectivity index (χ1v) is 6.25. The molecule has 0 bridgehead atoms. The van der Waals surface area contributed by atoms with Gasteiger partial charge in [0.15, 0.2) is 5.78 Å². The number of morpholine rings is 1. The van der Waals surface area contributed by atoms with Gasteiger partial charge in [-0.3, -0.25) is 4.79 Å². The van der Waals surface area contributed by atoms with E-state index >= 15 is 0 Å². The molecule has 17 heavy (non-hydrogen) atoms. The van der Waals surface area contributed by atoms with Crippen molar-refractivity contribution in [1.82, 2.24) is 5.32 Å². The van der Waals surface area contributed by atoms with Crippen LogP contribution in [0.4, 0.5) is 0 Å². The van der Waals surface area contributed by atoms with Gasteiger partial charge in [0.25, 0.3) is 0 Å². The number of benzene rings is 1. The predicted molar refractivity (Wildman–Crippen MR) is 67.4 cm³/mol. The Morgan fingerprint density at radius 2 is 2.41 bits per heavy atom. The molecule has 0 amide bonds. The van der Waals surface area contributed by atoms with Gasteiger partial charge < -0.3 is 10.1 Å². The molecule has 3 heteroatoms. The topological polar surface area (TPSA) is 38.3 Å². The van der Waals surface area contributed by atoms with Crippen LogP contribution in [0.3, 0.4) is 0 Å². The van der Waals surface area contributed by atoms with Crippen LogP contribution in [0.25, 0.3) is 0 Å². The molecule has 1 atom stereocenters. The molecule has 1 fully saturated rings. The van der Waals surface area contributed by atoms with Crippen molar-refractivity contribution in [3.63, 3.8) is 0 Å². The smallest absolute Gasteiger partial charge is 0.182 e. The van der Waals surface area contributed by atoms with E-state index in [1.54, 1.807) is 0 Å². The summed E-state index contributed by atoms with van der Waals surface area (Å²) < 4.78 is 5.32. The summed E-state index contributed by atoms with van der Waals surface area (Å²) in [7, 11) is 0. The number of carbonyl (C=O) groups excluding carboxylic acids is 1. The first-order chi connectivity index (χ1) is 8.31. The van der Waals surface area contributed by atoms with Gasteiger partial charge in [-0.25, -0.2) is 0 Å². The first-order valence-electron chi connectivity index (χ1n) is 6.25. The maximum absolute atomic E-state index is 12.2. The van der Waals surface area contributed by atoms with Gasteiger partial charge in [-0.1, -0.05) is 31.5 Å². The molecule has 1 N–H and O–H groups in total. The maximum atomic E-state index is 12.2. The molecule has 1 heterocycles. The number of ketones is 1. The molecular formula is C14H19NO2. The minimum atomic E-state index is -0.180. The molecule has 1 aromatic carbocycles. The second kappa shape index (κ2) is 5.94. The summed E-state index contributed by atoms with van der Waals surface area (Å²) in [5.41, 5.74) is 2.02. The van der Waals surface area contributed by atoms with Crippen LogP contribution >= 0.6 is 0 Å². The summed E-state index contributed by atoms with van der Waals surface area (Å²) in [5.74, 6) is 0.141. The summed E-state index contributed by atoms with van der Waals surface area (Å²) in [6, 6.07) is 7.74.